The molecule has 0 saturated carbocycles. The first-order chi connectivity index (χ1) is 6.60. The molecule has 7 heteroatoms. The number of aromatic nitrogens is 1. The fourth-order valence-corrected chi connectivity index (χ4v) is 2.46. The van der Waals surface area contributed by atoms with Gasteiger partial charge < -0.3 is 10.1 Å². The van der Waals surface area contributed by atoms with E-state index in [-0.39, 0.29) is 18.0 Å². The lowest BCUT2D eigenvalue weighted by Gasteiger charge is -2.12. The molecule has 2 N–H and O–H groups in total. The number of aliphatic hydroxyl groups excluding tert-OH is 1. The first-order valence-electron chi connectivity index (χ1n) is 4.07. The van der Waals surface area contributed by atoms with Gasteiger partial charge in [-0.3, -0.25) is 4.84 Å². The number of rotatable bonds is 2. The lowest BCUT2D eigenvalue weighted by atomic mass is 10.4. The Labute approximate surface area is 81.1 Å². The number of nitrogens with zero attached hydrogens (tertiary/aromatic N) is 1. The third-order valence-electron chi connectivity index (χ3n) is 1.91. The molecule has 0 aliphatic carbocycles. The Morgan fingerprint density at radius 2 is 2.43 bits per heavy atom. The highest BCUT2D eigenvalue weighted by Gasteiger charge is 2.33. The summed E-state index contributed by atoms with van der Waals surface area (Å²) in [6, 6.07) is 1.43. The monoisotopic (exact) mass is 218 g/mol. The SMILES string of the molecule is O=S(=O)(c1cc[nH]c1)N1C[C@@H](O)CO1. The van der Waals surface area contributed by atoms with Crippen LogP contribution in [0.4, 0.5) is 0 Å². The fourth-order valence-electron chi connectivity index (χ4n) is 1.20. The largest absolute Gasteiger partial charge is 0.389 e. The zero-order valence-corrected chi connectivity index (χ0v) is 8.07. The fraction of sp³-hybridized carbons (Fsp3) is 0.429. The van der Waals surface area contributed by atoms with Gasteiger partial charge in [-0.25, -0.2) is 8.42 Å². The van der Waals surface area contributed by atoms with Crippen molar-refractivity contribution in [3.8, 4) is 0 Å². The maximum Gasteiger partial charge on any atom is 0.266 e. The van der Waals surface area contributed by atoms with Crippen LogP contribution in [-0.2, 0) is 14.9 Å². The van der Waals surface area contributed by atoms with Crippen molar-refractivity contribution in [2.75, 3.05) is 13.2 Å². The van der Waals surface area contributed by atoms with E-state index in [1.807, 2.05) is 0 Å². The molecule has 1 aromatic heterocycles. The van der Waals surface area contributed by atoms with Gasteiger partial charge in [0, 0.05) is 12.4 Å². The van der Waals surface area contributed by atoms with E-state index in [2.05, 4.69) is 4.98 Å². The molecule has 1 saturated heterocycles. The minimum atomic E-state index is -3.61. The van der Waals surface area contributed by atoms with E-state index in [1.54, 1.807) is 0 Å². The third kappa shape index (κ3) is 1.55. The molecule has 1 aromatic rings. The Morgan fingerprint density at radius 3 is 2.93 bits per heavy atom. The first-order valence-corrected chi connectivity index (χ1v) is 5.51. The van der Waals surface area contributed by atoms with Crippen molar-refractivity contribution < 1.29 is 18.4 Å². The van der Waals surface area contributed by atoms with Gasteiger partial charge in [-0.15, -0.1) is 0 Å². The number of hydrogen-bond donors (Lipinski definition) is 2. The van der Waals surface area contributed by atoms with E-state index < -0.39 is 16.1 Å². The van der Waals surface area contributed by atoms with Crippen LogP contribution >= 0.6 is 0 Å². The van der Waals surface area contributed by atoms with Crippen molar-refractivity contribution in [2.24, 2.45) is 0 Å². The van der Waals surface area contributed by atoms with E-state index in [9.17, 15) is 8.42 Å². The van der Waals surface area contributed by atoms with E-state index in [4.69, 9.17) is 9.94 Å². The zero-order chi connectivity index (χ0) is 10.2. The number of sulfonamides is 1. The predicted octanol–water partition coefficient (Wildman–Crippen LogP) is -0.688. The van der Waals surface area contributed by atoms with Crippen LogP contribution in [0.2, 0.25) is 0 Å². The molecular formula is C7H10N2O4S. The summed E-state index contributed by atoms with van der Waals surface area (Å²) in [4.78, 5) is 7.61. The van der Waals surface area contributed by atoms with Gasteiger partial charge in [0.2, 0.25) is 0 Å². The van der Waals surface area contributed by atoms with Gasteiger partial charge in [0.15, 0.2) is 0 Å². The minimum Gasteiger partial charge on any atom is -0.389 e. The molecule has 1 fully saturated rings. The van der Waals surface area contributed by atoms with Crippen LogP contribution in [0, 0.1) is 0 Å². The van der Waals surface area contributed by atoms with Crippen LogP contribution in [-0.4, -0.2) is 42.2 Å². The molecule has 2 rings (SSSR count). The van der Waals surface area contributed by atoms with Crippen LogP contribution in [0.25, 0.3) is 0 Å². The molecule has 6 nitrogen and oxygen atoms in total. The van der Waals surface area contributed by atoms with Crippen LogP contribution in [0.1, 0.15) is 0 Å². The summed E-state index contributed by atoms with van der Waals surface area (Å²) in [6.45, 7) is -0.00281. The Kier molecular flexibility index (Phi) is 2.31. The first kappa shape index (κ1) is 9.66. The van der Waals surface area contributed by atoms with Gasteiger partial charge in [0.25, 0.3) is 10.0 Å². The number of nitrogens with one attached hydrogen (secondary N) is 1. The average molecular weight is 218 g/mol. The van der Waals surface area contributed by atoms with Crippen LogP contribution < -0.4 is 0 Å². The van der Waals surface area contributed by atoms with E-state index in [0.717, 1.165) is 4.47 Å². The number of H-pyrrole nitrogens is 1. The molecule has 1 aliphatic heterocycles. The molecular weight excluding hydrogens is 208 g/mol. The molecule has 0 unspecified atom stereocenters. The van der Waals surface area contributed by atoms with Crippen molar-refractivity contribution in [3.05, 3.63) is 18.5 Å². The van der Waals surface area contributed by atoms with Crippen molar-refractivity contribution in [3.63, 3.8) is 0 Å². The predicted molar refractivity (Wildman–Crippen MR) is 46.6 cm³/mol. The Bertz CT molecular complexity index is 399. The zero-order valence-electron chi connectivity index (χ0n) is 7.25. The second kappa shape index (κ2) is 3.35. The van der Waals surface area contributed by atoms with Crippen molar-refractivity contribution in [1.29, 1.82) is 0 Å². The maximum atomic E-state index is 11.7. The van der Waals surface area contributed by atoms with Crippen LogP contribution in [0.3, 0.4) is 0 Å². The number of aliphatic hydroxyl groups is 1. The third-order valence-corrected chi connectivity index (χ3v) is 3.55. The van der Waals surface area contributed by atoms with Crippen molar-refractivity contribution in [2.45, 2.75) is 11.0 Å². The van der Waals surface area contributed by atoms with Gasteiger partial charge in [0.05, 0.1) is 19.3 Å². The number of hydrogen-bond acceptors (Lipinski definition) is 4. The summed E-state index contributed by atoms with van der Waals surface area (Å²) in [6.07, 6.45) is 2.13. The van der Waals surface area contributed by atoms with Crippen LogP contribution in [0.15, 0.2) is 23.4 Å². The summed E-state index contributed by atoms with van der Waals surface area (Å²) < 4.78 is 24.2. The van der Waals surface area contributed by atoms with Crippen molar-refractivity contribution in [1.82, 2.24) is 9.45 Å². The smallest absolute Gasteiger partial charge is 0.266 e. The van der Waals surface area contributed by atoms with Gasteiger partial charge >= 0.3 is 0 Å². The second-order valence-corrected chi connectivity index (χ2v) is 4.82. The normalized spacial score (nSPS) is 24.2. The molecule has 0 amide bonds. The number of aromatic amines is 1. The highest BCUT2D eigenvalue weighted by Crippen LogP contribution is 2.18. The lowest BCUT2D eigenvalue weighted by Crippen LogP contribution is -2.28. The highest BCUT2D eigenvalue weighted by atomic mass is 32.2. The standard InChI is InChI=1S/C7H10N2O4S/c10-6-4-9(13-5-6)14(11,12)7-1-2-8-3-7/h1-3,6,8,10H,4-5H2/t6-/m1/s1. The quantitative estimate of drug-likeness (QED) is 0.688. The van der Waals surface area contributed by atoms with E-state index >= 15 is 0 Å². The summed E-state index contributed by atoms with van der Waals surface area (Å²) in [5.41, 5.74) is 0. The second-order valence-electron chi connectivity index (χ2n) is 2.99. The lowest BCUT2D eigenvalue weighted by molar-refractivity contribution is -0.0316. The molecule has 1 aliphatic rings. The minimum absolute atomic E-state index is 0.0175. The molecule has 78 valence electrons. The summed E-state index contributed by atoms with van der Waals surface area (Å²) in [5.74, 6) is 0. The van der Waals surface area contributed by atoms with E-state index in [0.29, 0.717) is 0 Å². The van der Waals surface area contributed by atoms with Gasteiger partial charge in [-0.05, 0) is 6.07 Å². The molecule has 0 radical (unpaired) electrons. The summed E-state index contributed by atoms with van der Waals surface area (Å²) in [5, 5.41) is 9.12. The van der Waals surface area contributed by atoms with E-state index in [1.165, 1.54) is 18.5 Å². The number of hydroxylamine groups is 1. The van der Waals surface area contributed by atoms with Crippen molar-refractivity contribution >= 4 is 10.0 Å². The molecule has 14 heavy (non-hydrogen) atoms. The molecule has 2 heterocycles. The van der Waals surface area contributed by atoms with Gasteiger partial charge in [0.1, 0.15) is 4.90 Å². The maximum absolute atomic E-state index is 11.7. The number of β-amino-alcohol motifs (C(OH)–C–C–N with tert-alkyl or cyclic N) is 1. The molecule has 0 aromatic carbocycles. The Morgan fingerprint density at radius 1 is 1.64 bits per heavy atom. The summed E-state index contributed by atoms with van der Waals surface area (Å²) >= 11 is 0. The Hall–Kier alpha value is -0.890. The topological polar surface area (TPSA) is 82.6 Å². The molecule has 0 spiro atoms. The van der Waals surface area contributed by atoms with Gasteiger partial charge in [-0.1, -0.05) is 4.47 Å². The average Bonchev–Trinajstić information content (AvgIpc) is 2.72. The molecule has 0 bridgehead atoms. The molecule has 1 atom stereocenters. The highest BCUT2D eigenvalue weighted by molar-refractivity contribution is 7.89. The summed E-state index contributed by atoms with van der Waals surface area (Å²) in [7, 11) is -3.61. The Balaban J connectivity index is 2.26. The van der Waals surface area contributed by atoms with Gasteiger partial charge in [-0.2, -0.15) is 0 Å². The van der Waals surface area contributed by atoms with Crippen LogP contribution in [0.5, 0.6) is 0 Å².